The topological polar surface area (TPSA) is 26.3 Å². The fourth-order valence-corrected chi connectivity index (χ4v) is 0.170. The molecule has 0 unspecified atom stereocenters. The molecule has 0 aliphatic carbocycles. The Kier molecular flexibility index (Phi) is 6.46. The summed E-state index contributed by atoms with van der Waals surface area (Å²) in [5, 5.41) is 0. The van der Waals surface area contributed by atoms with Gasteiger partial charge in [-0.3, -0.25) is 4.32 Å². The molecule has 0 radical (unpaired) electrons. The summed E-state index contributed by atoms with van der Waals surface area (Å²) in [6.45, 7) is 0. The van der Waals surface area contributed by atoms with E-state index in [1.165, 1.54) is 0 Å². The summed E-state index contributed by atoms with van der Waals surface area (Å²) in [6, 6.07) is 0. The third-order valence-electron chi connectivity index (χ3n) is 0.199. The molecule has 0 aliphatic heterocycles. The van der Waals surface area contributed by atoms with Crippen LogP contribution < -0.4 is 0 Å². The molecule has 8 heteroatoms. The Balaban J connectivity index is 0. The zero-order chi connectivity index (χ0) is 5.91. The molecule has 44 valence electrons. The SMILES string of the molecule is O=P(F)(F)OBF.[LiH]. The van der Waals surface area contributed by atoms with Crippen LogP contribution in [0.4, 0.5) is 12.7 Å². The molecule has 0 aromatic rings. The molecule has 0 fully saturated rings. The molecule has 0 atom stereocenters. The van der Waals surface area contributed by atoms with Crippen LogP contribution in [-0.4, -0.2) is 26.6 Å². The van der Waals surface area contributed by atoms with Gasteiger partial charge in [-0.25, -0.2) is 4.57 Å². The normalized spacial score (nSPS) is 9.88. The average Bonchev–Trinajstić information content (AvgIpc) is 1.30. The van der Waals surface area contributed by atoms with Crippen LogP contribution in [0.1, 0.15) is 0 Å². The van der Waals surface area contributed by atoms with Gasteiger partial charge in [0.2, 0.25) is 0 Å². The van der Waals surface area contributed by atoms with Crippen molar-refractivity contribution in [3.05, 3.63) is 0 Å². The first-order valence-electron chi connectivity index (χ1n) is 1.26. The molecule has 0 aromatic heterocycles. The third kappa shape index (κ3) is 9.81. The van der Waals surface area contributed by atoms with Crippen LogP contribution in [0, 0.1) is 0 Å². The Morgan fingerprint density at radius 3 is 1.88 bits per heavy atom. The predicted molar refractivity (Wildman–Crippen MR) is 26.3 cm³/mol. The maximum absolute atomic E-state index is 10.8. The molecular weight excluding hydrogens is 138 g/mol. The molecule has 0 spiro atoms. The van der Waals surface area contributed by atoms with Crippen LogP contribution in [0.15, 0.2) is 0 Å². The van der Waals surface area contributed by atoms with Crippen molar-refractivity contribution in [2.24, 2.45) is 0 Å². The minimum atomic E-state index is -5.54. The van der Waals surface area contributed by atoms with Gasteiger partial charge >= 0.3 is 34.6 Å². The van der Waals surface area contributed by atoms with E-state index in [0.717, 1.165) is 0 Å². The third-order valence-corrected chi connectivity index (χ3v) is 0.597. The number of halogens is 3. The Bertz CT molecular complexity index is 91.3. The first-order chi connectivity index (χ1) is 3.06. The summed E-state index contributed by atoms with van der Waals surface area (Å²) in [4.78, 5) is 0. The van der Waals surface area contributed by atoms with Crippen molar-refractivity contribution in [2.75, 3.05) is 0 Å². The fourth-order valence-electron chi connectivity index (χ4n) is 0.0568. The van der Waals surface area contributed by atoms with Crippen molar-refractivity contribution < 1.29 is 21.7 Å². The quantitative estimate of drug-likeness (QED) is 0.415. The summed E-state index contributed by atoms with van der Waals surface area (Å²) >= 11 is 0. The predicted octanol–water partition coefficient (Wildman–Crippen LogP) is 0.638. The number of hydrogen-bond donors (Lipinski definition) is 0. The van der Waals surface area contributed by atoms with Crippen LogP contribution in [-0.2, 0) is 9.01 Å². The van der Waals surface area contributed by atoms with Gasteiger partial charge in [0.05, 0.1) is 0 Å². The summed E-state index contributed by atoms with van der Waals surface area (Å²) in [6.07, 6.45) is 0. The zero-order valence-electron chi connectivity index (χ0n) is 3.10. The molecule has 0 heterocycles. The molecule has 0 saturated heterocycles. The molecule has 8 heavy (non-hydrogen) atoms. The van der Waals surface area contributed by atoms with Crippen molar-refractivity contribution in [3.63, 3.8) is 0 Å². The Morgan fingerprint density at radius 2 is 1.88 bits per heavy atom. The second-order valence-corrected chi connectivity index (χ2v) is 1.74. The molecule has 0 saturated carbocycles. The van der Waals surface area contributed by atoms with Crippen LogP contribution in [0.25, 0.3) is 0 Å². The molecule has 0 amide bonds. The van der Waals surface area contributed by atoms with Crippen LogP contribution in [0.2, 0.25) is 0 Å². The van der Waals surface area contributed by atoms with Gasteiger partial charge in [0.25, 0.3) is 0 Å². The van der Waals surface area contributed by atoms with Gasteiger partial charge in [0.15, 0.2) is 0 Å². The summed E-state index contributed by atoms with van der Waals surface area (Å²) in [5.41, 5.74) is 0. The van der Waals surface area contributed by atoms with Gasteiger partial charge in [-0.2, -0.15) is 0 Å². The van der Waals surface area contributed by atoms with Crippen molar-refractivity contribution in [1.29, 1.82) is 0 Å². The van der Waals surface area contributed by atoms with E-state index in [1.807, 2.05) is 0 Å². The van der Waals surface area contributed by atoms with Gasteiger partial charge in [0, 0.05) is 0 Å². The van der Waals surface area contributed by atoms with Crippen LogP contribution >= 0.6 is 7.99 Å². The van der Waals surface area contributed by atoms with Crippen molar-refractivity contribution >= 4 is 34.6 Å². The van der Waals surface area contributed by atoms with E-state index in [2.05, 4.69) is 4.44 Å². The number of hydrogen-bond acceptors (Lipinski definition) is 2. The van der Waals surface area contributed by atoms with E-state index >= 15 is 0 Å². The van der Waals surface area contributed by atoms with E-state index in [4.69, 9.17) is 4.57 Å². The van der Waals surface area contributed by atoms with Crippen molar-refractivity contribution in [1.82, 2.24) is 0 Å². The van der Waals surface area contributed by atoms with Crippen molar-refractivity contribution in [3.8, 4) is 0 Å². The molecule has 0 aromatic carbocycles. The number of rotatable bonds is 2. The van der Waals surface area contributed by atoms with Crippen LogP contribution in [0.3, 0.4) is 0 Å². The van der Waals surface area contributed by atoms with Crippen LogP contribution in [0.5, 0.6) is 0 Å². The van der Waals surface area contributed by atoms with E-state index in [0.29, 0.717) is 0 Å². The molecular formula is H2BF3LiO2P. The van der Waals surface area contributed by atoms with E-state index in [1.54, 1.807) is 0 Å². The van der Waals surface area contributed by atoms with E-state index in [9.17, 15) is 12.7 Å². The monoisotopic (exact) mass is 140 g/mol. The van der Waals surface area contributed by atoms with Gasteiger partial charge < -0.3 is 4.44 Å². The van der Waals surface area contributed by atoms with Gasteiger partial charge in [-0.15, -0.1) is 8.39 Å². The Labute approximate surface area is 57.0 Å². The maximum atomic E-state index is 10.8. The minimum absolute atomic E-state index is 0. The van der Waals surface area contributed by atoms with Gasteiger partial charge in [-0.1, -0.05) is 0 Å². The molecule has 0 rings (SSSR count). The Hall–Kier alpha value is 0.642. The zero-order valence-corrected chi connectivity index (χ0v) is 4.00. The van der Waals surface area contributed by atoms with E-state index < -0.39 is 15.7 Å². The van der Waals surface area contributed by atoms with Crippen molar-refractivity contribution in [2.45, 2.75) is 0 Å². The molecule has 0 aliphatic rings. The second kappa shape index (κ2) is 4.51. The Morgan fingerprint density at radius 1 is 1.50 bits per heavy atom. The average molecular weight is 140 g/mol. The molecule has 2 nitrogen and oxygen atoms in total. The second-order valence-electron chi connectivity index (χ2n) is 0.653. The fraction of sp³-hybridized carbons (Fsp3) is 0. The molecule has 0 N–H and O–H groups in total. The molecule has 0 bridgehead atoms. The summed E-state index contributed by atoms with van der Waals surface area (Å²) in [5.74, 6) is 0. The van der Waals surface area contributed by atoms with Gasteiger partial charge in [-0.05, 0) is 0 Å². The first-order valence-corrected chi connectivity index (χ1v) is 2.67. The first kappa shape index (κ1) is 11.4. The van der Waals surface area contributed by atoms with E-state index in [-0.39, 0.29) is 18.9 Å². The standard InChI is InChI=1S/BF3HO2P.Li.H/c2-1-6-7(3,4)5;;/h1H;;. The summed E-state index contributed by atoms with van der Waals surface area (Å²) < 4.78 is 44.1. The summed E-state index contributed by atoms with van der Waals surface area (Å²) in [7, 11) is -7.24. The van der Waals surface area contributed by atoms with Gasteiger partial charge in [0.1, 0.15) is 0 Å².